The molecule has 0 heterocycles. The van der Waals surface area contributed by atoms with Crippen molar-refractivity contribution >= 4 is 17.3 Å². The van der Waals surface area contributed by atoms with Gasteiger partial charge in [-0.15, -0.1) is 0 Å². The van der Waals surface area contributed by atoms with E-state index in [1.54, 1.807) is 56.5 Å². The standard InChI is InChI=1S/C17H18FN3O2/c1-12(15-5-3-4-6-16(15)18)20-21-17(22)11-19-13-7-9-14(23-2)10-8-13/h3-10,19H,11H2,1-2H3,(H,21,22)/b20-12-. The SMILES string of the molecule is COc1ccc(NCC(=O)N/N=C(/C)c2ccccc2F)cc1. The molecule has 2 N–H and O–H groups in total. The third-order valence-corrected chi connectivity index (χ3v) is 3.16. The molecule has 0 bridgehead atoms. The minimum absolute atomic E-state index is 0.0559. The van der Waals surface area contributed by atoms with Gasteiger partial charge >= 0.3 is 0 Å². The van der Waals surface area contributed by atoms with Gasteiger partial charge in [-0.25, -0.2) is 9.82 Å². The Morgan fingerprint density at radius 2 is 1.87 bits per heavy atom. The van der Waals surface area contributed by atoms with E-state index >= 15 is 0 Å². The summed E-state index contributed by atoms with van der Waals surface area (Å²) in [5, 5.41) is 6.87. The number of rotatable bonds is 6. The molecule has 0 unspecified atom stereocenters. The van der Waals surface area contributed by atoms with Crippen LogP contribution < -0.4 is 15.5 Å². The number of anilines is 1. The Bertz CT molecular complexity index is 699. The van der Waals surface area contributed by atoms with Crippen LogP contribution in [0.4, 0.5) is 10.1 Å². The molecule has 0 aliphatic carbocycles. The summed E-state index contributed by atoms with van der Waals surface area (Å²) >= 11 is 0. The smallest absolute Gasteiger partial charge is 0.259 e. The highest BCUT2D eigenvalue weighted by molar-refractivity contribution is 5.99. The zero-order valence-corrected chi connectivity index (χ0v) is 13.0. The van der Waals surface area contributed by atoms with Gasteiger partial charge in [0.15, 0.2) is 0 Å². The summed E-state index contributed by atoms with van der Waals surface area (Å²) in [6.07, 6.45) is 0. The number of hydrogen-bond acceptors (Lipinski definition) is 4. The minimum atomic E-state index is -0.376. The molecule has 0 saturated heterocycles. The zero-order chi connectivity index (χ0) is 16.7. The lowest BCUT2D eigenvalue weighted by Gasteiger charge is -2.07. The first-order valence-corrected chi connectivity index (χ1v) is 7.06. The van der Waals surface area contributed by atoms with Gasteiger partial charge in [-0.1, -0.05) is 18.2 Å². The van der Waals surface area contributed by atoms with Crippen LogP contribution in [0.25, 0.3) is 0 Å². The topological polar surface area (TPSA) is 62.7 Å². The number of hydrogen-bond donors (Lipinski definition) is 2. The van der Waals surface area contributed by atoms with Crippen LogP contribution in [0.5, 0.6) is 5.75 Å². The minimum Gasteiger partial charge on any atom is -0.497 e. The van der Waals surface area contributed by atoms with Gasteiger partial charge in [-0.3, -0.25) is 4.79 Å². The average molecular weight is 315 g/mol. The third-order valence-electron chi connectivity index (χ3n) is 3.16. The van der Waals surface area contributed by atoms with E-state index < -0.39 is 0 Å². The Morgan fingerprint density at radius 1 is 1.17 bits per heavy atom. The fraction of sp³-hybridized carbons (Fsp3) is 0.176. The van der Waals surface area contributed by atoms with Gasteiger partial charge < -0.3 is 10.1 Å². The first kappa shape index (κ1) is 16.5. The molecular formula is C17H18FN3O2. The lowest BCUT2D eigenvalue weighted by molar-refractivity contribution is -0.119. The largest absolute Gasteiger partial charge is 0.497 e. The van der Waals surface area contributed by atoms with E-state index in [-0.39, 0.29) is 18.3 Å². The first-order chi connectivity index (χ1) is 11.1. The second-order valence-electron chi connectivity index (χ2n) is 4.79. The summed E-state index contributed by atoms with van der Waals surface area (Å²) in [5.41, 5.74) is 3.94. The summed E-state index contributed by atoms with van der Waals surface area (Å²) in [7, 11) is 1.59. The van der Waals surface area contributed by atoms with Gasteiger partial charge in [0.25, 0.3) is 5.91 Å². The third kappa shape index (κ3) is 4.81. The summed E-state index contributed by atoms with van der Waals surface area (Å²) in [6, 6.07) is 13.5. The lowest BCUT2D eigenvalue weighted by atomic mass is 10.1. The van der Waals surface area contributed by atoms with Gasteiger partial charge in [0.1, 0.15) is 11.6 Å². The Balaban J connectivity index is 1.87. The number of nitrogens with zero attached hydrogens (tertiary/aromatic N) is 1. The van der Waals surface area contributed by atoms with Crippen molar-refractivity contribution in [1.82, 2.24) is 5.43 Å². The van der Waals surface area contributed by atoms with Gasteiger partial charge in [-0.05, 0) is 37.3 Å². The predicted octanol–water partition coefficient (Wildman–Crippen LogP) is 2.79. The number of carbonyl (C=O) groups excluding carboxylic acids is 1. The average Bonchev–Trinajstić information content (AvgIpc) is 2.58. The summed E-state index contributed by atoms with van der Waals surface area (Å²) < 4.78 is 18.6. The summed E-state index contributed by atoms with van der Waals surface area (Å²) in [4.78, 5) is 11.8. The number of ether oxygens (including phenoxy) is 1. The van der Waals surface area contributed by atoms with Gasteiger partial charge in [0.2, 0.25) is 0 Å². The maximum atomic E-state index is 13.6. The van der Waals surface area contributed by atoms with Crippen LogP contribution in [0.2, 0.25) is 0 Å². The molecule has 2 aromatic rings. The van der Waals surface area contributed by atoms with Crippen molar-refractivity contribution in [2.45, 2.75) is 6.92 Å². The van der Waals surface area contributed by atoms with Crippen LogP contribution >= 0.6 is 0 Å². The molecule has 0 radical (unpaired) electrons. The van der Waals surface area contributed by atoms with E-state index in [0.717, 1.165) is 11.4 Å². The van der Waals surface area contributed by atoms with Crippen molar-refractivity contribution in [2.75, 3.05) is 19.0 Å². The molecule has 0 aliphatic rings. The van der Waals surface area contributed by atoms with Crippen LogP contribution in [0.3, 0.4) is 0 Å². The Kier molecular flexibility index (Phi) is 5.68. The van der Waals surface area contributed by atoms with E-state index in [4.69, 9.17) is 4.74 Å². The number of benzene rings is 2. The molecule has 0 saturated carbocycles. The Hall–Kier alpha value is -2.89. The van der Waals surface area contributed by atoms with Crippen molar-refractivity contribution in [1.29, 1.82) is 0 Å². The summed E-state index contributed by atoms with van der Waals surface area (Å²) in [6.45, 7) is 1.69. The molecule has 0 spiro atoms. The lowest BCUT2D eigenvalue weighted by Crippen LogP contribution is -2.26. The van der Waals surface area contributed by atoms with Crippen molar-refractivity contribution < 1.29 is 13.9 Å². The van der Waals surface area contributed by atoms with E-state index in [0.29, 0.717) is 11.3 Å². The highest BCUT2D eigenvalue weighted by Crippen LogP contribution is 2.14. The van der Waals surface area contributed by atoms with Crippen LogP contribution in [0, 0.1) is 5.82 Å². The molecular weight excluding hydrogens is 297 g/mol. The normalized spacial score (nSPS) is 11.0. The second kappa shape index (κ2) is 7.93. The van der Waals surface area contributed by atoms with Crippen molar-refractivity contribution in [3.63, 3.8) is 0 Å². The van der Waals surface area contributed by atoms with Crippen molar-refractivity contribution in [3.05, 3.63) is 59.9 Å². The number of amides is 1. The van der Waals surface area contributed by atoms with E-state index in [9.17, 15) is 9.18 Å². The molecule has 0 aromatic heterocycles. The summed E-state index contributed by atoms with van der Waals surface area (Å²) in [5.74, 6) is 0.0426. The van der Waals surface area contributed by atoms with Crippen LogP contribution in [0.15, 0.2) is 53.6 Å². The number of methoxy groups -OCH3 is 1. The van der Waals surface area contributed by atoms with E-state index in [1.165, 1.54) is 6.07 Å². The molecule has 0 fully saturated rings. The number of nitrogens with one attached hydrogen (secondary N) is 2. The maximum Gasteiger partial charge on any atom is 0.259 e. The van der Waals surface area contributed by atoms with E-state index in [2.05, 4.69) is 15.8 Å². The van der Waals surface area contributed by atoms with Crippen LogP contribution in [0.1, 0.15) is 12.5 Å². The number of hydrazone groups is 1. The fourth-order valence-electron chi connectivity index (χ4n) is 1.89. The molecule has 5 nitrogen and oxygen atoms in total. The molecule has 0 aliphatic heterocycles. The zero-order valence-electron chi connectivity index (χ0n) is 13.0. The highest BCUT2D eigenvalue weighted by Gasteiger charge is 2.05. The van der Waals surface area contributed by atoms with Gasteiger partial charge in [0.05, 0.1) is 19.4 Å². The molecule has 23 heavy (non-hydrogen) atoms. The van der Waals surface area contributed by atoms with Crippen LogP contribution in [-0.4, -0.2) is 25.3 Å². The molecule has 120 valence electrons. The van der Waals surface area contributed by atoms with E-state index in [1.807, 2.05) is 0 Å². The monoisotopic (exact) mass is 315 g/mol. The number of carbonyl (C=O) groups is 1. The Morgan fingerprint density at radius 3 is 2.52 bits per heavy atom. The fourth-order valence-corrected chi connectivity index (χ4v) is 1.89. The van der Waals surface area contributed by atoms with Gasteiger partial charge in [-0.2, -0.15) is 5.10 Å². The molecule has 0 atom stereocenters. The highest BCUT2D eigenvalue weighted by atomic mass is 19.1. The first-order valence-electron chi connectivity index (χ1n) is 7.06. The number of halogens is 1. The molecule has 1 amide bonds. The maximum absolute atomic E-state index is 13.6. The van der Waals surface area contributed by atoms with Crippen molar-refractivity contribution in [3.8, 4) is 5.75 Å². The van der Waals surface area contributed by atoms with Crippen molar-refractivity contribution in [2.24, 2.45) is 5.10 Å². The quantitative estimate of drug-likeness (QED) is 0.636. The van der Waals surface area contributed by atoms with Gasteiger partial charge in [0, 0.05) is 11.3 Å². The molecule has 2 aromatic carbocycles. The second-order valence-corrected chi connectivity index (χ2v) is 4.79. The Labute approximate surface area is 134 Å². The van der Waals surface area contributed by atoms with Crippen LogP contribution in [-0.2, 0) is 4.79 Å². The predicted molar refractivity (Wildman–Crippen MR) is 88.2 cm³/mol. The molecule has 6 heteroatoms. The molecule has 2 rings (SSSR count).